The molecule has 0 spiro atoms. The molecule has 0 saturated heterocycles. The van der Waals surface area contributed by atoms with Crippen LogP contribution in [0.4, 0.5) is 11.4 Å². The summed E-state index contributed by atoms with van der Waals surface area (Å²) in [5.74, 6) is -1.15. The van der Waals surface area contributed by atoms with Crippen molar-refractivity contribution in [2.75, 3.05) is 30.9 Å². The Bertz CT molecular complexity index is 682. The van der Waals surface area contributed by atoms with E-state index in [0.29, 0.717) is 12.2 Å². The van der Waals surface area contributed by atoms with Crippen LogP contribution in [0.5, 0.6) is 0 Å². The molecule has 0 bridgehead atoms. The van der Waals surface area contributed by atoms with Crippen molar-refractivity contribution < 1.29 is 9.59 Å². The smallest absolute Gasteiger partial charge is 0.313 e. The number of nitrogens with zero attached hydrogens (tertiary/aromatic N) is 1. The van der Waals surface area contributed by atoms with Crippen LogP contribution in [-0.4, -0.2) is 32.5 Å². The van der Waals surface area contributed by atoms with Gasteiger partial charge >= 0.3 is 11.8 Å². The van der Waals surface area contributed by atoms with Gasteiger partial charge in [-0.05, 0) is 35.7 Å². The van der Waals surface area contributed by atoms with Crippen LogP contribution in [-0.2, 0) is 9.59 Å². The van der Waals surface area contributed by atoms with Gasteiger partial charge in [-0.25, -0.2) is 0 Å². The van der Waals surface area contributed by atoms with Crippen molar-refractivity contribution in [1.82, 2.24) is 5.32 Å². The van der Waals surface area contributed by atoms with Gasteiger partial charge < -0.3 is 15.5 Å². The molecular weight excluding hydrogens is 302 g/mol. The summed E-state index contributed by atoms with van der Waals surface area (Å²) >= 11 is 0. The van der Waals surface area contributed by atoms with Crippen LogP contribution < -0.4 is 15.5 Å². The number of hydrogen-bond donors (Lipinski definition) is 2. The number of nitrogens with one attached hydrogen (secondary N) is 2. The molecule has 2 aromatic carbocycles. The van der Waals surface area contributed by atoms with E-state index < -0.39 is 11.8 Å². The first-order valence-corrected chi connectivity index (χ1v) is 7.89. The first kappa shape index (κ1) is 17.5. The summed E-state index contributed by atoms with van der Waals surface area (Å²) in [6.07, 6.45) is 0. The lowest BCUT2D eigenvalue weighted by atomic mass is 10.0. The topological polar surface area (TPSA) is 61.4 Å². The fourth-order valence-electron chi connectivity index (χ4n) is 2.26. The lowest BCUT2D eigenvalue weighted by Gasteiger charge is -2.14. The Morgan fingerprint density at radius 3 is 2.17 bits per heavy atom. The van der Waals surface area contributed by atoms with Gasteiger partial charge in [0.15, 0.2) is 0 Å². The molecular formula is C19H23N3O2. The highest BCUT2D eigenvalue weighted by Crippen LogP contribution is 2.16. The monoisotopic (exact) mass is 325 g/mol. The zero-order valence-corrected chi connectivity index (χ0v) is 14.2. The largest absolute Gasteiger partial charge is 0.378 e. The maximum Gasteiger partial charge on any atom is 0.313 e. The highest BCUT2D eigenvalue weighted by atomic mass is 16.2. The van der Waals surface area contributed by atoms with Crippen LogP contribution in [0.3, 0.4) is 0 Å². The van der Waals surface area contributed by atoms with E-state index in [1.54, 1.807) is 12.1 Å². The van der Waals surface area contributed by atoms with Crippen molar-refractivity contribution in [1.29, 1.82) is 0 Å². The van der Waals surface area contributed by atoms with Crippen molar-refractivity contribution in [2.24, 2.45) is 0 Å². The van der Waals surface area contributed by atoms with Gasteiger partial charge in [-0.2, -0.15) is 0 Å². The molecule has 0 heterocycles. The van der Waals surface area contributed by atoms with Crippen LogP contribution in [0.2, 0.25) is 0 Å². The molecule has 5 heteroatoms. The van der Waals surface area contributed by atoms with Crippen LogP contribution in [0.1, 0.15) is 18.4 Å². The van der Waals surface area contributed by atoms with Crippen LogP contribution >= 0.6 is 0 Å². The standard InChI is InChI=1S/C19H23N3O2/c1-14(15-7-5-4-6-8-15)13-20-18(23)19(24)21-16-9-11-17(12-10-16)22(2)3/h4-12,14H,13H2,1-3H3,(H,20,23)(H,21,24)/t14-/m1/s1. The predicted octanol–water partition coefficient (Wildman–Crippen LogP) is 2.61. The van der Waals surface area contributed by atoms with Gasteiger partial charge in [0, 0.05) is 32.0 Å². The van der Waals surface area contributed by atoms with E-state index in [2.05, 4.69) is 10.6 Å². The van der Waals surface area contributed by atoms with E-state index in [1.807, 2.05) is 68.4 Å². The molecule has 0 aromatic heterocycles. The fourth-order valence-corrected chi connectivity index (χ4v) is 2.26. The summed E-state index contributed by atoms with van der Waals surface area (Å²) in [7, 11) is 3.88. The van der Waals surface area contributed by atoms with Crippen molar-refractivity contribution in [3.8, 4) is 0 Å². The highest BCUT2D eigenvalue weighted by Gasteiger charge is 2.15. The summed E-state index contributed by atoms with van der Waals surface area (Å²) in [6, 6.07) is 17.2. The van der Waals surface area contributed by atoms with Gasteiger partial charge in [0.25, 0.3) is 0 Å². The molecule has 2 amide bonds. The molecule has 0 fully saturated rings. The Labute approximate surface area is 142 Å². The predicted molar refractivity (Wildman–Crippen MR) is 97.3 cm³/mol. The number of benzene rings is 2. The van der Waals surface area contributed by atoms with Crippen LogP contribution in [0, 0.1) is 0 Å². The first-order chi connectivity index (χ1) is 11.5. The summed E-state index contributed by atoms with van der Waals surface area (Å²) in [4.78, 5) is 25.8. The second-order valence-electron chi connectivity index (χ2n) is 5.92. The van der Waals surface area contributed by atoms with E-state index in [1.165, 1.54) is 0 Å². The van der Waals surface area contributed by atoms with Crippen molar-refractivity contribution in [3.05, 3.63) is 60.2 Å². The maximum atomic E-state index is 11.9. The number of hydrogen-bond acceptors (Lipinski definition) is 3. The number of anilines is 2. The van der Waals surface area contributed by atoms with Gasteiger partial charge in [-0.15, -0.1) is 0 Å². The third-order valence-corrected chi connectivity index (χ3v) is 3.79. The molecule has 126 valence electrons. The number of carbonyl (C=O) groups excluding carboxylic acids is 2. The van der Waals surface area contributed by atoms with E-state index >= 15 is 0 Å². The molecule has 2 rings (SSSR count). The molecule has 0 unspecified atom stereocenters. The fraction of sp³-hybridized carbons (Fsp3) is 0.263. The molecule has 0 saturated carbocycles. The second kappa shape index (κ2) is 8.15. The third kappa shape index (κ3) is 4.84. The Balaban J connectivity index is 1.85. The molecule has 0 aliphatic rings. The number of amides is 2. The van der Waals surface area contributed by atoms with Gasteiger partial charge in [-0.1, -0.05) is 37.3 Å². The minimum absolute atomic E-state index is 0.141. The van der Waals surface area contributed by atoms with Gasteiger partial charge in [0.2, 0.25) is 0 Å². The average Bonchev–Trinajstić information content (AvgIpc) is 2.60. The summed E-state index contributed by atoms with van der Waals surface area (Å²) in [6.45, 7) is 2.42. The molecule has 5 nitrogen and oxygen atoms in total. The number of rotatable bonds is 5. The lowest BCUT2D eigenvalue weighted by Crippen LogP contribution is -2.37. The normalized spacial score (nSPS) is 11.5. The van der Waals surface area contributed by atoms with Crippen molar-refractivity contribution >= 4 is 23.2 Å². The van der Waals surface area contributed by atoms with Gasteiger partial charge in [0.1, 0.15) is 0 Å². The molecule has 2 aromatic rings. The van der Waals surface area contributed by atoms with E-state index in [4.69, 9.17) is 0 Å². The quantitative estimate of drug-likeness (QED) is 0.831. The molecule has 0 radical (unpaired) electrons. The van der Waals surface area contributed by atoms with E-state index in [-0.39, 0.29) is 5.92 Å². The SMILES string of the molecule is C[C@H](CNC(=O)C(=O)Nc1ccc(N(C)C)cc1)c1ccccc1. The van der Waals surface area contributed by atoms with E-state index in [9.17, 15) is 9.59 Å². The van der Waals surface area contributed by atoms with Gasteiger partial charge in [0.05, 0.1) is 0 Å². The molecule has 2 N–H and O–H groups in total. The highest BCUT2D eigenvalue weighted by molar-refractivity contribution is 6.39. The second-order valence-corrected chi connectivity index (χ2v) is 5.92. The Kier molecular flexibility index (Phi) is 5.95. The van der Waals surface area contributed by atoms with Crippen molar-refractivity contribution in [2.45, 2.75) is 12.8 Å². The Morgan fingerprint density at radius 2 is 1.58 bits per heavy atom. The molecule has 1 atom stereocenters. The summed E-state index contributed by atoms with van der Waals surface area (Å²) < 4.78 is 0. The zero-order valence-electron chi connectivity index (χ0n) is 14.2. The van der Waals surface area contributed by atoms with Crippen LogP contribution in [0.15, 0.2) is 54.6 Å². The lowest BCUT2D eigenvalue weighted by molar-refractivity contribution is -0.136. The summed E-state index contributed by atoms with van der Waals surface area (Å²) in [5.41, 5.74) is 2.74. The molecule has 0 aliphatic heterocycles. The molecule has 24 heavy (non-hydrogen) atoms. The van der Waals surface area contributed by atoms with Gasteiger partial charge in [-0.3, -0.25) is 9.59 Å². The maximum absolute atomic E-state index is 11.9. The minimum atomic E-state index is -0.659. The minimum Gasteiger partial charge on any atom is -0.378 e. The average molecular weight is 325 g/mol. The Morgan fingerprint density at radius 1 is 0.958 bits per heavy atom. The first-order valence-electron chi connectivity index (χ1n) is 7.89. The number of carbonyl (C=O) groups is 2. The summed E-state index contributed by atoms with van der Waals surface area (Å²) in [5, 5.41) is 5.27. The van der Waals surface area contributed by atoms with E-state index in [0.717, 1.165) is 11.3 Å². The third-order valence-electron chi connectivity index (χ3n) is 3.79. The zero-order chi connectivity index (χ0) is 17.5. The van der Waals surface area contributed by atoms with Crippen LogP contribution in [0.25, 0.3) is 0 Å². The molecule has 0 aliphatic carbocycles. The Hall–Kier alpha value is -2.82. The van der Waals surface area contributed by atoms with Crippen molar-refractivity contribution in [3.63, 3.8) is 0 Å².